The lowest BCUT2D eigenvalue weighted by atomic mass is 9.47. The zero-order chi connectivity index (χ0) is 43.5. The van der Waals surface area contributed by atoms with E-state index < -0.39 is 98.7 Å². The lowest BCUT2D eigenvalue weighted by Gasteiger charge is -2.59. The van der Waals surface area contributed by atoms with E-state index in [0.29, 0.717) is 54.5 Å². The SMILES string of the molecule is CC1CCC2(NC1)OC1CC3C4CC=C5C[C@@H](O[C@@H]6OC(CO)[C@H](O[C@@H]7OC(C)C(O)[C@H](O)C7O)[C@H](O)C6O[C@@H]6OC(C)C(O)[C@H](O)C6O)CC[C@]5(C)C4CC[C@]3(C)C1[C@@H]2C. The molecule has 0 amide bonds. The first-order valence-electron chi connectivity index (χ1n) is 23.3. The Kier molecular flexibility index (Phi) is 12.4. The molecule has 16 heteroatoms. The van der Waals surface area contributed by atoms with Gasteiger partial charge >= 0.3 is 0 Å². The number of fused-ring (bicyclic) bond motifs is 7. The maximum Gasteiger partial charge on any atom is 0.187 e. The molecule has 9 N–H and O–H groups in total. The number of nitrogens with one attached hydrogen (secondary N) is 1. The molecule has 348 valence electrons. The predicted molar refractivity (Wildman–Crippen MR) is 215 cm³/mol. The van der Waals surface area contributed by atoms with Crippen molar-refractivity contribution in [3.63, 3.8) is 0 Å². The van der Waals surface area contributed by atoms with Crippen LogP contribution in [0.1, 0.15) is 99.3 Å². The van der Waals surface area contributed by atoms with E-state index >= 15 is 0 Å². The van der Waals surface area contributed by atoms with E-state index in [1.54, 1.807) is 0 Å². The first kappa shape index (κ1) is 45.3. The molecule has 61 heavy (non-hydrogen) atoms. The second kappa shape index (κ2) is 16.8. The molecule has 8 fully saturated rings. The van der Waals surface area contributed by atoms with Gasteiger partial charge in [0.2, 0.25) is 0 Å². The van der Waals surface area contributed by atoms with Crippen molar-refractivity contribution in [2.24, 2.45) is 46.3 Å². The summed E-state index contributed by atoms with van der Waals surface area (Å²) in [5.41, 5.74) is 1.41. The standard InChI is InChI=1S/C45H73NO15/c1-19-9-14-45(46-17-19)20(2)30-28(61-45)16-27-25-8-7-23-15-24(10-12-43(23,5)26(25)11-13-44(27,30)6)57-42-39(60-41-36(53)34(51)32(49)22(4)56-41)37(54)38(29(18-47)58-42)59-40-35(52)33(50)31(48)21(3)55-40/h7,19-22,24-42,46-54H,8-18H2,1-6H3/t19?,20-,21?,22?,24-,25?,26?,27?,28?,29?,30?,31?,32?,33-,34-,35?,36?,37-,38-,39?,40-,41-,42+,43-,44-,45?/m0/s1. The molecule has 0 aromatic carbocycles. The highest BCUT2D eigenvalue weighted by molar-refractivity contribution is 5.26. The van der Waals surface area contributed by atoms with Gasteiger partial charge in [-0.2, -0.15) is 0 Å². The number of aliphatic hydroxyl groups excluding tert-OH is 8. The molecule has 4 aliphatic carbocycles. The van der Waals surface area contributed by atoms with E-state index in [1.165, 1.54) is 38.7 Å². The van der Waals surface area contributed by atoms with E-state index in [9.17, 15) is 40.9 Å². The summed E-state index contributed by atoms with van der Waals surface area (Å²) in [7, 11) is 0. The lowest BCUT2D eigenvalue weighted by molar-refractivity contribution is -0.388. The highest BCUT2D eigenvalue weighted by atomic mass is 16.8. The summed E-state index contributed by atoms with van der Waals surface area (Å²) in [6, 6.07) is 0. The van der Waals surface area contributed by atoms with Gasteiger partial charge < -0.3 is 74.0 Å². The fourth-order valence-corrected chi connectivity index (χ4v) is 14.2. The smallest absolute Gasteiger partial charge is 0.187 e. The molecule has 9 rings (SSSR count). The van der Waals surface area contributed by atoms with Gasteiger partial charge in [0.25, 0.3) is 0 Å². The van der Waals surface area contributed by atoms with E-state index in [-0.39, 0.29) is 22.7 Å². The maximum absolute atomic E-state index is 12.0. The molecule has 3 saturated carbocycles. The van der Waals surface area contributed by atoms with Gasteiger partial charge in [-0.1, -0.05) is 39.3 Å². The molecule has 0 aromatic heterocycles. The fourth-order valence-electron chi connectivity index (χ4n) is 14.2. The van der Waals surface area contributed by atoms with Crippen molar-refractivity contribution in [1.29, 1.82) is 0 Å². The molecular formula is C45H73NO15. The number of aliphatic hydroxyl groups is 8. The van der Waals surface area contributed by atoms with E-state index in [0.717, 1.165) is 32.2 Å². The third kappa shape index (κ3) is 7.42. The number of piperidine rings is 1. The summed E-state index contributed by atoms with van der Waals surface area (Å²) in [6.07, 6.45) is -9.93. The van der Waals surface area contributed by atoms with Crippen LogP contribution in [0.3, 0.4) is 0 Å². The molecule has 15 unspecified atom stereocenters. The van der Waals surface area contributed by atoms with Crippen LogP contribution in [0, 0.1) is 46.3 Å². The van der Waals surface area contributed by atoms with E-state index in [1.807, 2.05) is 0 Å². The van der Waals surface area contributed by atoms with Crippen LogP contribution in [0.4, 0.5) is 0 Å². The number of rotatable bonds is 7. The molecule has 5 saturated heterocycles. The van der Waals surface area contributed by atoms with Crippen LogP contribution in [0.15, 0.2) is 11.6 Å². The van der Waals surface area contributed by atoms with Crippen LogP contribution < -0.4 is 5.32 Å². The molecule has 1 spiro atoms. The van der Waals surface area contributed by atoms with Crippen molar-refractivity contribution >= 4 is 0 Å². The second-order valence-electron chi connectivity index (χ2n) is 21.2. The molecule has 0 aromatic rings. The summed E-state index contributed by atoms with van der Waals surface area (Å²) < 4.78 is 43.7. The van der Waals surface area contributed by atoms with Crippen LogP contribution in [0.5, 0.6) is 0 Å². The Hall–Kier alpha value is -0.900. The Bertz CT molecular complexity index is 1600. The molecule has 5 aliphatic heterocycles. The molecular weight excluding hydrogens is 794 g/mol. The third-order valence-electron chi connectivity index (χ3n) is 17.9. The highest BCUT2D eigenvalue weighted by Gasteiger charge is 2.68. The van der Waals surface area contributed by atoms with E-state index in [4.69, 9.17) is 33.2 Å². The van der Waals surface area contributed by atoms with Gasteiger partial charge in [-0.25, -0.2) is 0 Å². The Balaban J connectivity index is 0.916. The minimum Gasteiger partial charge on any atom is -0.394 e. The molecule has 0 radical (unpaired) electrons. The normalized spacial score (nSPS) is 58.4. The van der Waals surface area contributed by atoms with Gasteiger partial charge in [0.05, 0.1) is 31.0 Å². The summed E-state index contributed by atoms with van der Waals surface area (Å²) in [6.45, 7) is 13.2. The molecule has 26 atom stereocenters. The molecule has 9 aliphatic rings. The van der Waals surface area contributed by atoms with Crippen molar-refractivity contribution in [1.82, 2.24) is 5.32 Å². The minimum absolute atomic E-state index is 0.00472. The van der Waals surface area contributed by atoms with Crippen molar-refractivity contribution in [2.45, 2.75) is 209 Å². The summed E-state index contributed by atoms with van der Waals surface area (Å²) in [4.78, 5) is 0. The van der Waals surface area contributed by atoms with Crippen molar-refractivity contribution in [3.05, 3.63) is 11.6 Å². The Morgan fingerprint density at radius 1 is 0.705 bits per heavy atom. The Labute approximate surface area is 359 Å². The van der Waals surface area contributed by atoms with Crippen molar-refractivity contribution < 1.29 is 74.0 Å². The van der Waals surface area contributed by atoms with Crippen LogP contribution in [-0.4, -0.2) is 164 Å². The van der Waals surface area contributed by atoms with Gasteiger partial charge in [-0.15, -0.1) is 0 Å². The largest absolute Gasteiger partial charge is 0.394 e. The summed E-state index contributed by atoms with van der Waals surface area (Å²) in [5.74, 6) is 3.43. The van der Waals surface area contributed by atoms with Gasteiger partial charge in [0.15, 0.2) is 18.9 Å². The zero-order valence-corrected chi connectivity index (χ0v) is 36.6. The second-order valence-corrected chi connectivity index (χ2v) is 21.2. The van der Waals surface area contributed by atoms with Gasteiger partial charge in [0.1, 0.15) is 66.8 Å². The third-order valence-corrected chi connectivity index (χ3v) is 17.9. The first-order valence-corrected chi connectivity index (χ1v) is 23.3. The molecule has 0 bridgehead atoms. The van der Waals surface area contributed by atoms with Crippen LogP contribution in [-0.2, 0) is 33.2 Å². The van der Waals surface area contributed by atoms with Crippen LogP contribution in [0.2, 0.25) is 0 Å². The van der Waals surface area contributed by atoms with Gasteiger partial charge in [-0.3, -0.25) is 5.32 Å². The number of allylic oxidation sites excluding steroid dienone is 1. The summed E-state index contributed by atoms with van der Waals surface area (Å²) >= 11 is 0. The Morgan fingerprint density at radius 2 is 1.36 bits per heavy atom. The van der Waals surface area contributed by atoms with Crippen LogP contribution >= 0.6 is 0 Å². The monoisotopic (exact) mass is 867 g/mol. The first-order chi connectivity index (χ1) is 28.9. The average Bonchev–Trinajstić information content (AvgIpc) is 3.69. The number of hydrogen-bond donors (Lipinski definition) is 9. The Morgan fingerprint density at radius 3 is 1.98 bits per heavy atom. The van der Waals surface area contributed by atoms with Crippen LogP contribution in [0.25, 0.3) is 0 Å². The van der Waals surface area contributed by atoms with Crippen molar-refractivity contribution in [3.8, 4) is 0 Å². The maximum atomic E-state index is 12.0. The number of ether oxygens (including phenoxy) is 7. The zero-order valence-electron chi connectivity index (χ0n) is 36.6. The lowest BCUT2D eigenvalue weighted by Crippen LogP contribution is -2.66. The highest BCUT2D eigenvalue weighted by Crippen LogP contribution is 2.70. The predicted octanol–water partition coefficient (Wildman–Crippen LogP) is 0.815. The fraction of sp³-hybridized carbons (Fsp3) is 0.956. The summed E-state index contributed by atoms with van der Waals surface area (Å²) in [5, 5.41) is 89.8. The van der Waals surface area contributed by atoms with Gasteiger partial charge in [0, 0.05) is 12.5 Å². The van der Waals surface area contributed by atoms with E-state index in [2.05, 4.69) is 39.1 Å². The molecule has 16 nitrogen and oxygen atoms in total. The minimum atomic E-state index is -1.70. The van der Waals surface area contributed by atoms with Gasteiger partial charge in [-0.05, 0) is 112 Å². The number of hydrogen-bond acceptors (Lipinski definition) is 16. The molecule has 5 heterocycles. The average molecular weight is 868 g/mol. The topological polar surface area (TPSA) is 238 Å². The van der Waals surface area contributed by atoms with Crippen molar-refractivity contribution in [2.75, 3.05) is 13.2 Å². The quantitative estimate of drug-likeness (QED) is 0.161.